The molecule has 1 heterocycles. The number of nitro benzene ring substituents is 1. The van der Waals surface area contributed by atoms with Crippen molar-refractivity contribution in [3.8, 4) is 0 Å². The van der Waals surface area contributed by atoms with Crippen LogP contribution in [0.2, 0.25) is 5.02 Å². The lowest BCUT2D eigenvalue weighted by molar-refractivity contribution is -0.384. The number of nitro groups is 1. The van der Waals surface area contributed by atoms with Crippen LogP contribution in [0.4, 0.5) is 11.4 Å². The van der Waals surface area contributed by atoms with Crippen LogP contribution in [0.15, 0.2) is 36.7 Å². The molecule has 1 N–H and O–H groups in total. The molecule has 2 aromatic rings. The lowest BCUT2D eigenvalue weighted by Crippen LogP contribution is -2.13. The molecule has 7 heteroatoms. The van der Waals surface area contributed by atoms with Gasteiger partial charge in [0, 0.05) is 29.7 Å². The summed E-state index contributed by atoms with van der Waals surface area (Å²) in [4.78, 5) is 26.0. The molecule has 0 aliphatic heterocycles. The SMILES string of the molecule is Cc1cnccc1NC(=O)c1ccc([N+](=O)[O-])c(Cl)c1. The van der Waals surface area contributed by atoms with Crippen molar-refractivity contribution in [3.63, 3.8) is 0 Å². The van der Waals surface area contributed by atoms with Gasteiger partial charge in [-0.05, 0) is 30.7 Å². The number of aryl methyl sites for hydroxylation is 1. The summed E-state index contributed by atoms with van der Waals surface area (Å²) in [6.45, 7) is 1.81. The minimum absolute atomic E-state index is 0.0749. The summed E-state index contributed by atoms with van der Waals surface area (Å²) in [6.07, 6.45) is 3.18. The zero-order valence-electron chi connectivity index (χ0n) is 10.5. The standard InChI is InChI=1S/C13H10ClN3O3/c1-8-7-15-5-4-11(8)16-13(18)9-2-3-12(17(19)20)10(14)6-9/h2-7H,1H3,(H,15,16,18). The van der Waals surface area contributed by atoms with E-state index in [4.69, 9.17) is 11.6 Å². The number of hydrogen-bond acceptors (Lipinski definition) is 4. The highest BCUT2D eigenvalue weighted by Crippen LogP contribution is 2.25. The Bertz CT molecular complexity index is 688. The molecule has 1 amide bonds. The fourth-order valence-corrected chi connectivity index (χ4v) is 1.85. The normalized spacial score (nSPS) is 10.1. The van der Waals surface area contributed by atoms with Crippen LogP contribution in [-0.4, -0.2) is 15.8 Å². The van der Waals surface area contributed by atoms with E-state index in [9.17, 15) is 14.9 Å². The maximum atomic E-state index is 12.0. The van der Waals surface area contributed by atoms with Gasteiger partial charge in [-0.1, -0.05) is 11.6 Å². The Hall–Kier alpha value is -2.47. The third-order valence-corrected chi connectivity index (χ3v) is 2.98. The number of nitrogens with one attached hydrogen (secondary N) is 1. The predicted octanol–water partition coefficient (Wildman–Crippen LogP) is 3.20. The average Bonchev–Trinajstić information content (AvgIpc) is 2.40. The Morgan fingerprint density at radius 2 is 2.15 bits per heavy atom. The van der Waals surface area contributed by atoms with E-state index >= 15 is 0 Å². The number of aromatic nitrogens is 1. The summed E-state index contributed by atoms with van der Waals surface area (Å²) < 4.78 is 0. The van der Waals surface area contributed by atoms with Crippen molar-refractivity contribution in [2.24, 2.45) is 0 Å². The first-order chi connectivity index (χ1) is 9.49. The van der Waals surface area contributed by atoms with E-state index < -0.39 is 10.8 Å². The fraction of sp³-hybridized carbons (Fsp3) is 0.0769. The molecular formula is C13H10ClN3O3. The van der Waals surface area contributed by atoms with E-state index in [0.29, 0.717) is 5.69 Å². The maximum absolute atomic E-state index is 12.0. The van der Waals surface area contributed by atoms with Gasteiger partial charge in [-0.25, -0.2) is 0 Å². The van der Waals surface area contributed by atoms with Crippen molar-refractivity contribution in [1.29, 1.82) is 0 Å². The van der Waals surface area contributed by atoms with Gasteiger partial charge in [0.05, 0.1) is 4.92 Å². The second-order valence-corrected chi connectivity index (χ2v) is 4.48. The first kappa shape index (κ1) is 14.0. The van der Waals surface area contributed by atoms with Gasteiger partial charge in [-0.3, -0.25) is 19.9 Å². The number of carbonyl (C=O) groups is 1. The Kier molecular flexibility index (Phi) is 3.95. The lowest BCUT2D eigenvalue weighted by atomic mass is 10.2. The molecule has 1 aromatic carbocycles. The highest BCUT2D eigenvalue weighted by molar-refractivity contribution is 6.33. The van der Waals surface area contributed by atoms with Crippen LogP contribution < -0.4 is 5.32 Å². The van der Waals surface area contributed by atoms with Crippen LogP contribution in [0.1, 0.15) is 15.9 Å². The largest absolute Gasteiger partial charge is 0.322 e. The van der Waals surface area contributed by atoms with Gasteiger partial charge < -0.3 is 5.32 Å². The Labute approximate surface area is 119 Å². The number of nitrogens with zero attached hydrogens (tertiary/aromatic N) is 2. The number of anilines is 1. The molecule has 6 nitrogen and oxygen atoms in total. The Morgan fingerprint density at radius 3 is 2.75 bits per heavy atom. The quantitative estimate of drug-likeness (QED) is 0.695. The van der Waals surface area contributed by atoms with E-state index in [1.165, 1.54) is 18.2 Å². The van der Waals surface area contributed by atoms with Crippen molar-refractivity contribution < 1.29 is 9.72 Å². The summed E-state index contributed by atoms with van der Waals surface area (Å²) in [5.74, 6) is -0.393. The molecule has 20 heavy (non-hydrogen) atoms. The van der Waals surface area contributed by atoms with Crippen LogP contribution in [0, 0.1) is 17.0 Å². The first-order valence-corrected chi connectivity index (χ1v) is 6.02. The average molecular weight is 292 g/mol. The fourth-order valence-electron chi connectivity index (χ4n) is 1.60. The molecule has 0 saturated carbocycles. The molecule has 0 bridgehead atoms. The van der Waals surface area contributed by atoms with Crippen LogP contribution in [0.25, 0.3) is 0 Å². The zero-order chi connectivity index (χ0) is 14.7. The molecule has 0 unspecified atom stereocenters. The van der Waals surface area contributed by atoms with Crippen LogP contribution in [0.3, 0.4) is 0 Å². The molecule has 2 rings (SSSR count). The van der Waals surface area contributed by atoms with Crippen molar-refractivity contribution in [1.82, 2.24) is 4.98 Å². The molecule has 0 spiro atoms. The maximum Gasteiger partial charge on any atom is 0.287 e. The molecule has 0 saturated heterocycles. The van der Waals surface area contributed by atoms with E-state index in [1.807, 2.05) is 6.92 Å². The predicted molar refractivity (Wildman–Crippen MR) is 75.0 cm³/mol. The molecule has 1 aromatic heterocycles. The van der Waals surface area contributed by atoms with Crippen molar-refractivity contribution >= 4 is 28.9 Å². The number of carbonyl (C=O) groups excluding carboxylic acids is 1. The number of benzene rings is 1. The molecule has 0 aliphatic rings. The second-order valence-electron chi connectivity index (χ2n) is 4.07. The summed E-state index contributed by atoms with van der Waals surface area (Å²) in [5, 5.41) is 13.3. The van der Waals surface area contributed by atoms with Gasteiger partial charge in [-0.2, -0.15) is 0 Å². The summed E-state index contributed by atoms with van der Waals surface area (Å²) in [6, 6.07) is 5.50. The third-order valence-electron chi connectivity index (χ3n) is 2.68. The van der Waals surface area contributed by atoms with Crippen LogP contribution in [-0.2, 0) is 0 Å². The Morgan fingerprint density at radius 1 is 1.40 bits per heavy atom. The van der Waals surface area contributed by atoms with E-state index in [1.54, 1.807) is 18.5 Å². The van der Waals surface area contributed by atoms with E-state index in [2.05, 4.69) is 10.3 Å². The number of halogens is 1. The highest BCUT2D eigenvalue weighted by Gasteiger charge is 2.15. The smallest absolute Gasteiger partial charge is 0.287 e. The molecule has 0 fully saturated rings. The number of rotatable bonds is 3. The number of hydrogen-bond donors (Lipinski definition) is 1. The minimum Gasteiger partial charge on any atom is -0.322 e. The topological polar surface area (TPSA) is 85.1 Å². The van der Waals surface area contributed by atoms with Gasteiger partial charge in [-0.15, -0.1) is 0 Å². The molecular weight excluding hydrogens is 282 g/mol. The molecule has 0 radical (unpaired) electrons. The van der Waals surface area contributed by atoms with Gasteiger partial charge >= 0.3 is 0 Å². The number of pyridine rings is 1. The van der Waals surface area contributed by atoms with Crippen molar-refractivity contribution in [3.05, 3.63) is 62.9 Å². The Balaban J connectivity index is 2.24. The first-order valence-electron chi connectivity index (χ1n) is 5.65. The van der Waals surface area contributed by atoms with Crippen molar-refractivity contribution in [2.45, 2.75) is 6.92 Å². The molecule has 102 valence electrons. The summed E-state index contributed by atoms with van der Waals surface area (Å²) in [5.41, 5.74) is 1.45. The van der Waals surface area contributed by atoms with E-state index in [-0.39, 0.29) is 16.3 Å². The summed E-state index contributed by atoms with van der Waals surface area (Å²) >= 11 is 5.77. The van der Waals surface area contributed by atoms with Gasteiger partial charge in [0.1, 0.15) is 5.02 Å². The zero-order valence-corrected chi connectivity index (χ0v) is 11.2. The van der Waals surface area contributed by atoms with Gasteiger partial charge in [0.2, 0.25) is 0 Å². The van der Waals surface area contributed by atoms with Gasteiger partial charge in [0.25, 0.3) is 11.6 Å². The second kappa shape index (κ2) is 5.66. The monoisotopic (exact) mass is 291 g/mol. The van der Waals surface area contributed by atoms with Crippen LogP contribution in [0.5, 0.6) is 0 Å². The minimum atomic E-state index is -0.600. The van der Waals surface area contributed by atoms with Crippen molar-refractivity contribution in [2.75, 3.05) is 5.32 Å². The molecule has 0 aliphatic carbocycles. The number of amides is 1. The highest BCUT2D eigenvalue weighted by atomic mass is 35.5. The summed E-state index contributed by atoms with van der Waals surface area (Å²) in [7, 11) is 0. The van der Waals surface area contributed by atoms with E-state index in [0.717, 1.165) is 5.56 Å². The third kappa shape index (κ3) is 2.92. The van der Waals surface area contributed by atoms with Crippen LogP contribution >= 0.6 is 11.6 Å². The molecule has 0 atom stereocenters. The van der Waals surface area contributed by atoms with Gasteiger partial charge in [0.15, 0.2) is 0 Å². The lowest BCUT2D eigenvalue weighted by Gasteiger charge is -2.07.